The number of hydrogen-bond acceptors (Lipinski definition) is 1. The van der Waals surface area contributed by atoms with Gasteiger partial charge < -0.3 is 5.32 Å². The quantitative estimate of drug-likeness (QED) is 0.792. The van der Waals surface area contributed by atoms with Crippen LogP contribution in [0.3, 0.4) is 0 Å². The minimum Gasteiger partial charge on any atom is -0.355 e. The van der Waals surface area contributed by atoms with Crippen molar-refractivity contribution in [2.24, 2.45) is 0 Å². The van der Waals surface area contributed by atoms with E-state index in [4.69, 9.17) is 23.2 Å². The Morgan fingerprint density at radius 1 is 1.21 bits per heavy atom. The second-order valence-corrected chi connectivity index (χ2v) is 2.99. The second kappa shape index (κ2) is 6.68. The van der Waals surface area contributed by atoms with Crippen LogP contribution in [0, 0.1) is 0 Å². The lowest BCUT2D eigenvalue weighted by molar-refractivity contribution is 0.0963. The van der Waals surface area contributed by atoms with Crippen molar-refractivity contribution in [2.45, 2.75) is 13.8 Å². The van der Waals surface area contributed by atoms with Gasteiger partial charge in [-0.3, -0.25) is 4.79 Å². The third kappa shape index (κ3) is 3.20. The molecule has 78 valence electrons. The zero-order valence-corrected chi connectivity index (χ0v) is 9.91. The minimum atomic E-state index is -0.273. The maximum Gasteiger partial charge on any atom is 0.254 e. The number of hydrogen-bond donors (Lipinski definition) is 1. The molecule has 0 spiro atoms. The molecule has 0 saturated carbocycles. The van der Waals surface area contributed by atoms with Gasteiger partial charge in [-0.25, -0.2) is 0 Å². The monoisotopic (exact) mass is 233 g/mol. The Balaban J connectivity index is 0.000000791. The molecule has 0 aliphatic heterocycles. The Kier molecular flexibility index (Phi) is 6.34. The van der Waals surface area contributed by atoms with Crippen LogP contribution in [0.5, 0.6) is 0 Å². The molecule has 4 heteroatoms. The minimum absolute atomic E-state index is 0.273. The summed E-state index contributed by atoms with van der Waals surface area (Å²) in [5.41, 5.74) is 0.323. The predicted octanol–water partition coefficient (Wildman–Crippen LogP) is 3.38. The van der Waals surface area contributed by atoms with Crippen LogP contribution in [0.2, 0.25) is 10.0 Å². The van der Waals surface area contributed by atoms with Crippen LogP contribution in [0.25, 0.3) is 0 Å². The number of amides is 1. The summed E-state index contributed by atoms with van der Waals surface area (Å²) in [6.45, 7) is 4.00. The summed E-state index contributed by atoms with van der Waals surface area (Å²) >= 11 is 11.5. The maximum absolute atomic E-state index is 11.2. The molecular formula is C10H13Cl2NO. The van der Waals surface area contributed by atoms with Crippen molar-refractivity contribution in [3.05, 3.63) is 33.8 Å². The molecule has 1 rings (SSSR count). The highest BCUT2D eigenvalue weighted by atomic mass is 35.5. The molecule has 2 nitrogen and oxygen atoms in total. The van der Waals surface area contributed by atoms with Crippen molar-refractivity contribution in [2.75, 3.05) is 7.05 Å². The topological polar surface area (TPSA) is 29.1 Å². The molecule has 1 amide bonds. The van der Waals surface area contributed by atoms with Crippen LogP contribution < -0.4 is 5.32 Å². The van der Waals surface area contributed by atoms with E-state index in [1.165, 1.54) is 7.05 Å². The first-order chi connectivity index (χ1) is 6.66. The van der Waals surface area contributed by atoms with Gasteiger partial charge in [0, 0.05) is 7.05 Å². The van der Waals surface area contributed by atoms with Gasteiger partial charge in [0.05, 0.1) is 15.6 Å². The standard InChI is InChI=1S/C8H7Cl2NO.C2H6/c1-11-8(12)7-5(9)3-2-4-6(7)10;1-2/h2-4H,1H3,(H,11,12);1-2H3. The van der Waals surface area contributed by atoms with Crippen LogP contribution in [0.15, 0.2) is 18.2 Å². The van der Waals surface area contributed by atoms with Crippen molar-refractivity contribution in [3.63, 3.8) is 0 Å². The fourth-order valence-electron chi connectivity index (χ4n) is 0.840. The lowest BCUT2D eigenvalue weighted by Crippen LogP contribution is -2.18. The van der Waals surface area contributed by atoms with Crippen molar-refractivity contribution < 1.29 is 4.79 Å². The Hall–Kier alpha value is -0.730. The van der Waals surface area contributed by atoms with Crippen LogP contribution in [0.4, 0.5) is 0 Å². The smallest absolute Gasteiger partial charge is 0.254 e. The summed E-state index contributed by atoms with van der Waals surface area (Å²) < 4.78 is 0. The molecule has 0 bridgehead atoms. The van der Waals surface area contributed by atoms with Crippen molar-refractivity contribution >= 4 is 29.1 Å². The first kappa shape index (κ1) is 13.3. The van der Waals surface area contributed by atoms with Gasteiger partial charge in [-0.1, -0.05) is 43.1 Å². The summed E-state index contributed by atoms with van der Waals surface area (Å²) in [6.07, 6.45) is 0. The summed E-state index contributed by atoms with van der Waals surface area (Å²) in [7, 11) is 1.53. The number of benzene rings is 1. The molecule has 0 atom stereocenters. The zero-order chi connectivity index (χ0) is 11.1. The van der Waals surface area contributed by atoms with Gasteiger partial charge >= 0.3 is 0 Å². The third-order valence-corrected chi connectivity index (χ3v) is 2.05. The number of halogens is 2. The average molecular weight is 234 g/mol. The molecule has 0 radical (unpaired) electrons. The van der Waals surface area contributed by atoms with Crippen molar-refractivity contribution in [1.82, 2.24) is 5.32 Å². The molecule has 0 heterocycles. The number of rotatable bonds is 1. The van der Waals surface area contributed by atoms with Crippen molar-refractivity contribution in [3.8, 4) is 0 Å². The van der Waals surface area contributed by atoms with Gasteiger partial charge in [0.15, 0.2) is 0 Å². The van der Waals surface area contributed by atoms with E-state index in [0.29, 0.717) is 15.6 Å². The van der Waals surface area contributed by atoms with Crippen LogP contribution in [0.1, 0.15) is 24.2 Å². The highest BCUT2D eigenvalue weighted by Gasteiger charge is 2.11. The van der Waals surface area contributed by atoms with Gasteiger partial charge in [0.25, 0.3) is 5.91 Å². The van der Waals surface area contributed by atoms with Gasteiger partial charge in [-0.05, 0) is 12.1 Å². The first-order valence-electron chi connectivity index (χ1n) is 4.33. The van der Waals surface area contributed by atoms with Gasteiger partial charge in [-0.2, -0.15) is 0 Å². The Labute approximate surface area is 94.2 Å². The number of carbonyl (C=O) groups excluding carboxylic acids is 1. The van der Waals surface area contributed by atoms with Gasteiger partial charge in [0.2, 0.25) is 0 Å². The third-order valence-electron chi connectivity index (χ3n) is 1.42. The fourth-order valence-corrected chi connectivity index (χ4v) is 1.41. The lowest BCUT2D eigenvalue weighted by atomic mass is 10.2. The number of carbonyl (C=O) groups is 1. The van der Waals surface area contributed by atoms with E-state index in [2.05, 4.69) is 5.32 Å². The normalized spacial score (nSPS) is 8.64. The molecule has 0 aliphatic carbocycles. The summed E-state index contributed by atoms with van der Waals surface area (Å²) in [5.74, 6) is -0.273. The highest BCUT2D eigenvalue weighted by molar-refractivity contribution is 6.39. The summed E-state index contributed by atoms with van der Waals surface area (Å²) in [4.78, 5) is 11.2. The predicted molar refractivity (Wildman–Crippen MR) is 61.2 cm³/mol. The molecule has 1 N–H and O–H groups in total. The highest BCUT2D eigenvalue weighted by Crippen LogP contribution is 2.23. The Morgan fingerprint density at radius 2 is 1.64 bits per heavy atom. The van der Waals surface area contributed by atoms with Gasteiger partial charge in [-0.15, -0.1) is 0 Å². The molecule has 0 aliphatic rings. The molecular weight excluding hydrogens is 221 g/mol. The van der Waals surface area contributed by atoms with E-state index < -0.39 is 0 Å². The lowest BCUT2D eigenvalue weighted by Gasteiger charge is -2.03. The van der Waals surface area contributed by atoms with E-state index in [9.17, 15) is 4.79 Å². The SMILES string of the molecule is CC.CNC(=O)c1c(Cl)cccc1Cl. The zero-order valence-electron chi connectivity index (χ0n) is 8.40. The fraction of sp³-hybridized carbons (Fsp3) is 0.300. The molecule has 14 heavy (non-hydrogen) atoms. The molecule has 1 aromatic rings. The summed E-state index contributed by atoms with van der Waals surface area (Å²) in [6, 6.07) is 4.94. The van der Waals surface area contributed by atoms with E-state index in [1.54, 1.807) is 18.2 Å². The molecule has 0 aromatic heterocycles. The van der Waals surface area contributed by atoms with E-state index >= 15 is 0 Å². The van der Waals surface area contributed by atoms with E-state index in [1.807, 2.05) is 13.8 Å². The molecule has 0 fully saturated rings. The van der Waals surface area contributed by atoms with Crippen LogP contribution >= 0.6 is 23.2 Å². The van der Waals surface area contributed by atoms with Crippen molar-refractivity contribution in [1.29, 1.82) is 0 Å². The Morgan fingerprint density at radius 3 is 2.00 bits per heavy atom. The average Bonchev–Trinajstić information content (AvgIpc) is 2.20. The molecule has 1 aromatic carbocycles. The number of nitrogens with one attached hydrogen (secondary N) is 1. The van der Waals surface area contributed by atoms with Crippen LogP contribution in [-0.2, 0) is 0 Å². The Bertz CT molecular complexity index is 293. The summed E-state index contributed by atoms with van der Waals surface area (Å²) in [5, 5.41) is 3.18. The van der Waals surface area contributed by atoms with E-state index in [0.717, 1.165) is 0 Å². The van der Waals surface area contributed by atoms with E-state index in [-0.39, 0.29) is 5.91 Å². The second-order valence-electron chi connectivity index (χ2n) is 2.18. The maximum atomic E-state index is 11.2. The van der Waals surface area contributed by atoms with Crippen LogP contribution in [-0.4, -0.2) is 13.0 Å². The van der Waals surface area contributed by atoms with Gasteiger partial charge in [0.1, 0.15) is 0 Å². The molecule has 0 unspecified atom stereocenters. The molecule has 0 saturated heterocycles. The first-order valence-corrected chi connectivity index (χ1v) is 5.08. The largest absolute Gasteiger partial charge is 0.355 e.